The van der Waals surface area contributed by atoms with Gasteiger partial charge in [-0.05, 0) is 89.9 Å². The van der Waals surface area contributed by atoms with Crippen molar-refractivity contribution in [2.24, 2.45) is 0 Å². The molecule has 0 saturated heterocycles. The van der Waals surface area contributed by atoms with Gasteiger partial charge in [0.2, 0.25) is 0 Å². The number of likely N-dealkylation sites (N-methyl/N-ethyl adjacent to an activating group) is 1. The molecule has 0 heterocycles. The van der Waals surface area contributed by atoms with Crippen molar-refractivity contribution in [3.05, 3.63) is 85.1 Å². The molecule has 2 unspecified atom stereocenters. The molecule has 0 saturated carbocycles. The van der Waals surface area contributed by atoms with Gasteiger partial charge in [-0.25, -0.2) is 4.79 Å². The zero-order valence-electron chi connectivity index (χ0n) is 63.3. The molecule has 552 valence electrons. The third-order valence-electron chi connectivity index (χ3n) is 18.1. The van der Waals surface area contributed by atoms with Crippen LogP contribution >= 0.6 is 0 Å². The number of carbonyl (C=O) groups is 3. The molecule has 0 bridgehead atoms. The van der Waals surface area contributed by atoms with Gasteiger partial charge in [0.25, 0.3) is 6.29 Å². The summed E-state index contributed by atoms with van der Waals surface area (Å²) in [5, 5.41) is 9.78. The summed E-state index contributed by atoms with van der Waals surface area (Å²) in [5.41, 5.74) is 0. The van der Waals surface area contributed by atoms with E-state index < -0.39 is 18.4 Å². The van der Waals surface area contributed by atoms with Crippen molar-refractivity contribution in [3.8, 4) is 0 Å². The van der Waals surface area contributed by atoms with Crippen molar-refractivity contribution in [1.29, 1.82) is 0 Å². The molecule has 0 aromatic rings. The third kappa shape index (κ3) is 77.7. The minimum Gasteiger partial charge on any atom is -0.477 e. The second kappa shape index (κ2) is 76.2. The molecular formula is C86H156NO8+. The van der Waals surface area contributed by atoms with Gasteiger partial charge in [0.1, 0.15) is 13.2 Å². The molecule has 0 aliphatic carbocycles. The largest absolute Gasteiger partial charge is 0.477 e. The maximum absolute atomic E-state index is 13.0. The molecule has 0 amide bonds. The van der Waals surface area contributed by atoms with Gasteiger partial charge in [0.05, 0.1) is 34.4 Å². The van der Waals surface area contributed by atoms with Crippen LogP contribution in [0.4, 0.5) is 0 Å². The smallest absolute Gasteiger partial charge is 0.361 e. The van der Waals surface area contributed by atoms with E-state index in [4.69, 9.17) is 18.9 Å². The summed E-state index contributed by atoms with van der Waals surface area (Å²) in [6.07, 6.45) is 102. The first-order chi connectivity index (χ1) is 46.6. The van der Waals surface area contributed by atoms with Crippen molar-refractivity contribution in [1.82, 2.24) is 0 Å². The van der Waals surface area contributed by atoms with Crippen LogP contribution in [0.2, 0.25) is 0 Å². The Morgan fingerprint density at radius 1 is 0.326 bits per heavy atom. The van der Waals surface area contributed by atoms with Crippen molar-refractivity contribution < 1.29 is 42.9 Å². The Kier molecular flexibility index (Phi) is 73.4. The zero-order chi connectivity index (χ0) is 69.0. The molecule has 0 aromatic carbocycles. The predicted octanol–water partition coefficient (Wildman–Crippen LogP) is 26.2. The van der Waals surface area contributed by atoms with Gasteiger partial charge in [-0.2, -0.15) is 0 Å². The minimum absolute atomic E-state index is 0.179. The Morgan fingerprint density at radius 2 is 0.600 bits per heavy atom. The number of quaternary nitrogens is 1. The molecule has 9 nitrogen and oxygen atoms in total. The number of allylic oxidation sites excluding steroid dienone is 14. The Balaban J connectivity index is 3.97. The number of hydrogen-bond acceptors (Lipinski definition) is 7. The topological polar surface area (TPSA) is 108 Å². The fourth-order valence-electron chi connectivity index (χ4n) is 12.0. The summed E-state index contributed by atoms with van der Waals surface area (Å²) in [4.78, 5) is 37.8. The van der Waals surface area contributed by atoms with Crippen LogP contribution in [0, 0.1) is 0 Å². The molecule has 0 fully saturated rings. The Labute approximate surface area is 589 Å². The highest BCUT2D eigenvalue weighted by atomic mass is 16.7. The van der Waals surface area contributed by atoms with Gasteiger partial charge in [-0.1, -0.05) is 369 Å². The molecule has 1 N–H and O–H groups in total. The fourth-order valence-corrected chi connectivity index (χ4v) is 12.0. The number of esters is 2. The SMILES string of the molecule is CC/C=C\C/C=C\C/C=C\C/C=C\C/C=C\CCCCCCCCCCCCCCCCCCCC(=O)OC(COC(=O)CCCCCCCCCCCCCCCCCCCCCCCCCCC/C=C\C/C=C\CCCCCCC)COC(OCC[N+](C)(C)C)C(=O)O. The Hall–Kier alpha value is -3.53. The van der Waals surface area contributed by atoms with E-state index in [1.807, 2.05) is 21.1 Å². The highest BCUT2D eigenvalue weighted by Crippen LogP contribution is 2.19. The summed E-state index contributed by atoms with van der Waals surface area (Å²) in [6, 6.07) is 0. The Morgan fingerprint density at radius 3 is 0.895 bits per heavy atom. The first-order valence-corrected chi connectivity index (χ1v) is 40.8. The van der Waals surface area contributed by atoms with Gasteiger partial charge in [0.15, 0.2) is 6.10 Å². The molecule has 2 atom stereocenters. The highest BCUT2D eigenvalue weighted by molar-refractivity contribution is 5.71. The summed E-state index contributed by atoms with van der Waals surface area (Å²) in [5.74, 6) is -1.98. The number of carboxylic acid groups (broad SMARTS) is 1. The summed E-state index contributed by atoms with van der Waals surface area (Å²) >= 11 is 0. The van der Waals surface area contributed by atoms with Crippen LogP contribution in [0.1, 0.15) is 386 Å². The molecule has 95 heavy (non-hydrogen) atoms. The van der Waals surface area contributed by atoms with E-state index in [2.05, 4.69) is 98.9 Å². The molecular weight excluding hydrogens is 1170 g/mol. The van der Waals surface area contributed by atoms with Gasteiger partial charge in [-0.3, -0.25) is 9.59 Å². The first kappa shape index (κ1) is 91.5. The van der Waals surface area contributed by atoms with Crippen LogP contribution in [0.3, 0.4) is 0 Å². The molecule has 0 aromatic heterocycles. The van der Waals surface area contributed by atoms with E-state index >= 15 is 0 Å². The normalized spacial score (nSPS) is 13.1. The van der Waals surface area contributed by atoms with E-state index in [-0.39, 0.29) is 38.2 Å². The fraction of sp³-hybridized carbons (Fsp3) is 0.802. The molecule has 0 aliphatic heterocycles. The monoisotopic (exact) mass is 1330 g/mol. The number of ether oxygens (including phenoxy) is 4. The lowest BCUT2D eigenvalue weighted by atomic mass is 10.0. The third-order valence-corrected chi connectivity index (χ3v) is 18.1. The molecule has 0 radical (unpaired) electrons. The van der Waals surface area contributed by atoms with E-state index in [1.54, 1.807) is 0 Å². The van der Waals surface area contributed by atoms with Crippen LogP contribution in [0.25, 0.3) is 0 Å². The number of carbonyl (C=O) groups excluding carboxylic acids is 2. The molecule has 0 aliphatic rings. The lowest BCUT2D eigenvalue weighted by Gasteiger charge is -2.25. The highest BCUT2D eigenvalue weighted by Gasteiger charge is 2.25. The summed E-state index contributed by atoms with van der Waals surface area (Å²) < 4.78 is 23.1. The summed E-state index contributed by atoms with van der Waals surface area (Å²) in [6.45, 7) is 4.81. The minimum atomic E-state index is -1.51. The maximum atomic E-state index is 13.0. The van der Waals surface area contributed by atoms with E-state index in [9.17, 15) is 19.5 Å². The van der Waals surface area contributed by atoms with Crippen molar-refractivity contribution in [2.75, 3.05) is 47.5 Å². The number of carboxylic acids is 1. The second-order valence-electron chi connectivity index (χ2n) is 28.7. The van der Waals surface area contributed by atoms with E-state index in [1.165, 1.54) is 283 Å². The average molecular weight is 1330 g/mol. The lowest BCUT2D eigenvalue weighted by molar-refractivity contribution is -0.870. The van der Waals surface area contributed by atoms with Crippen LogP contribution in [0.5, 0.6) is 0 Å². The maximum Gasteiger partial charge on any atom is 0.361 e. The van der Waals surface area contributed by atoms with Crippen molar-refractivity contribution in [2.45, 2.75) is 399 Å². The lowest BCUT2D eigenvalue weighted by Crippen LogP contribution is -2.40. The number of rotatable bonds is 76. The van der Waals surface area contributed by atoms with Crippen LogP contribution in [-0.4, -0.2) is 87.4 Å². The first-order valence-electron chi connectivity index (χ1n) is 40.8. The quantitative estimate of drug-likeness (QED) is 0.0211. The van der Waals surface area contributed by atoms with Crippen molar-refractivity contribution in [3.63, 3.8) is 0 Å². The standard InChI is InChI=1S/C86H155NO8/c1-6-8-10-12-14-16-18-20-22-24-26-28-30-32-34-36-38-40-41-42-43-45-46-48-50-52-54-56-58-60-62-64-66-68-70-72-74-76-83(88)93-80-82(81-94-86(85(90)91)92-79-78-87(3,4)5)95-84(89)77-75-73-71-69-67-65-63-61-59-57-55-53-51-49-47-44-39-37-35-33-31-29-27-25-23-21-19-17-15-13-11-9-7-2/h9,11,15,17-18,20-21,23-24,26-27,29,33,35,82,86H,6-8,10,12-14,16,19,22,25,28,30-32,34,36-81H2,1-5H3/p+1/b11-9-,17-15-,20-18-,23-21-,26-24-,29-27-,35-33-. The number of hydrogen-bond donors (Lipinski definition) is 1. The predicted molar refractivity (Wildman–Crippen MR) is 410 cm³/mol. The van der Waals surface area contributed by atoms with Gasteiger partial charge < -0.3 is 28.5 Å². The second-order valence-corrected chi connectivity index (χ2v) is 28.7. The average Bonchev–Trinajstić information content (AvgIpc) is 3.75. The summed E-state index contributed by atoms with van der Waals surface area (Å²) in [7, 11) is 5.99. The Bertz CT molecular complexity index is 1840. The number of aliphatic carboxylic acids is 1. The number of nitrogens with zero attached hydrogens (tertiary/aromatic N) is 1. The molecule has 9 heteroatoms. The van der Waals surface area contributed by atoms with Crippen LogP contribution < -0.4 is 0 Å². The van der Waals surface area contributed by atoms with Crippen molar-refractivity contribution >= 4 is 17.9 Å². The zero-order valence-corrected chi connectivity index (χ0v) is 63.3. The molecule has 0 spiro atoms. The van der Waals surface area contributed by atoms with Crippen LogP contribution in [-0.2, 0) is 33.3 Å². The molecule has 0 rings (SSSR count). The van der Waals surface area contributed by atoms with E-state index in [0.29, 0.717) is 17.4 Å². The number of unbranched alkanes of at least 4 members (excludes halogenated alkanes) is 47. The van der Waals surface area contributed by atoms with Gasteiger partial charge >= 0.3 is 17.9 Å². The van der Waals surface area contributed by atoms with E-state index in [0.717, 1.165) is 77.0 Å². The van der Waals surface area contributed by atoms with Crippen LogP contribution in [0.15, 0.2) is 85.1 Å². The van der Waals surface area contributed by atoms with Gasteiger partial charge in [-0.15, -0.1) is 0 Å². The van der Waals surface area contributed by atoms with Gasteiger partial charge in [0, 0.05) is 12.8 Å².